The number of thiazole rings is 1. The molecule has 1 N–H and O–H groups in total. The van der Waals surface area contributed by atoms with Crippen molar-refractivity contribution in [2.75, 3.05) is 18.5 Å². The summed E-state index contributed by atoms with van der Waals surface area (Å²) in [7, 11) is -3.43. The predicted molar refractivity (Wildman–Crippen MR) is 113 cm³/mol. The van der Waals surface area contributed by atoms with Crippen molar-refractivity contribution in [2.24, 2.45) is 0 Å². The molecule has 0 aliphatic carbocycles. The Morgan fingerprint density at radius 3 is 2.44 bits per heavy atom. The lowest BCUT2D eigenvalue weighted by Crippen LogP contribution is -2.15. The van der Waals surface area contributed by atoms with Crippen molar-refractivity contribution < 1.29 is 13.6 Å². The van der Waals surface area contributed by atoms with Gasteiger partial charge in [-0.05, 0) is 51.0 Å². The molecule has 1 aromatic heterocycles. The molecule has 0 spiro atoms. The van der Waals surface area contributed by atoms with Crippen molar-refractivity contribution in [3.63, 3.8) is 0 Å². The van der Waals surface area contributed by atoms with Gasteiger partial charge in [0.1, 0.15) is 0 Å². The van der Waals surface area contributed by atoms with Crippen LogP contribution in [0.3, 0.4) is 0 Å². The molecule has 0 saturated carbocycles. The van der Waals surface area contributed by atoms with Crippen LogP contribution in [0.1, 0.15) is 36.3 Å². The van der Waals surface area contributed by atoms with Crippen LogP contribution in [-0.2, 0) is 13.6 Å². The molecule has 0 aliphatic rings. The molecule has 0 saturated heterocycles. The lowest BCUT2D eigenvalue weighted by atomic mass is 10.1. The Hall–Kier alpha value is -1.72. The van der Waals surface area contributed by atoms with Gasteiger partial charge in [-0.3, -0.25) is 4.57 Å². The summed E-state index contributed by atoms with van der Waals surface area (Å²) in [5, 5.41) is 4.03. The van der Waals surface area contributed by atoms with E-state index < -0.39 is 13.4 Å². The third kappa shape index (κ3) is 4.58. The molecule has 0 radical (unpaired) electrons. The highest BCUT2D eigenvalue weighted by atomic mass is 32.1. The Morgan fingerprint density at radius 1 is 1.07 bits per heavy atom. The van der Waals surface area contributed by atoms with Crippen LogP contribution in [-0.4, -0.2) is 18.2 Å². The van der Waals surface area contributed by atoms with Gasteiger partial charge >= 0.3 is 7.60 Å². The first-order valence-corrected chi connectivity index (χ1v) is 11.5. The summed E-state index contributed by atoms with van der Waals surface area (Å²) < 4.78 is 25.9. The van der Waals surface area contributed by atoms with E-state index in [1.54, 1.807) is 0 Å². The van der Waals surface area contributed by atoms with Gasteiger partial charge in [-0.15, -0.1) is 0 Å². The molecular weight excluding hydrogens is 379 g/mol. The largest absolute Gasteiger partial charge is 0.357 e. The first-order valence-electron chi connectivity index (χ1n) is 9.04. The van der Waals surface area contributed by atoms with E-state index in [-0.39, 0.29) is 0 Å². The highest BCUT2D eigenvalue weighted by Crippen LogP contribution is 2.61. The van der Waals surface area contributed by atoms with Crippen LogP contribution in [0.25, 0.3) is 10.2 Å². The number of aromatic nitrogens is 1. The molecule has 3 rings (SSSR count). The topological polar surface area (TPSA) is 60.5 Å². The maximum Gasteiger partial charge on any atom is 0.357 e. The number of nitrogens with one attached hydrogen (secondary N) is 1. The summed E-state index contributed by atoms with van der Waals surface area (Å²) in [5.74, 6) is -0.626. The molecule has 0 amide bonds. The van der Waals surface area contributed by atoms with Crippen LogP contribution in [0.5, 0.6) is 0 Å². The number of aryl methyl sites for hydroxylation is 2. The zero-order chi connectivity index (χ0) is 19.4. The van der Waals surface area contributed by atoms with Crippen LogP contribution < -0.4 is 5.32 Å². The van der Waals surface area contributed by atoms with E-state index >= 15 is 0 Å². The third-order valence-corrected chi connectivity index (χ3v) is 7.34. The van der Waals surface area contributed by atoms with Gasteiger partial charge in [-0.1, -0.05) is 47.2 Å². The molecule has 1 heterocycles. The first-order chi connectivity index (χ1) is 12.9. The van der Waals surface area contributed by atoms with Crippen LogP contribution in [0.15, 0.2) is 42.5 Å². The molecule has 7 heteroatoms. The van der Waals surface area contributed by atoms with Gasteiger partial charge in [-0.2, -0.15) is 0 Å². The predicted octanol–water partition coefficient (Wildman–Crippen LogP) is 6.29. The SMILES string of the molecule is CCOP(=O)(OCC)[C@H](Nc1nc2ccc(C)cc2s1)c1cccc(C)c1. The lowest BCUT2D eigenvalue weighted by Gasteiger charge is -2.27. The second kappa shape index (κ2) is 8.53. The number of hydrogen-bond donors (Lipinski definition) is 1. The molecule has 1 atom stereocenters. The van der Waals surface area contributed by atoms with Crippen molar-refractivity contribution in [3.05, 3.63) is 59.2 Å². The molecule has 0 unspecified atom stereocenters. The Balaban J connectivity index is 2.03. The molecule has 144 valence electrons. The van der Waals surface area contributed by atoms with Crippen molar-refractivity contribution in [1.82, 2.24) is 4.98 Å². The number of rotatable bonds is 8. The molecule has 0 bridgehead atoms. The van der Waals surface area contributed by atoms with Gasteiger partial charge in [0, 0.05) is 0 Å². The zero-order valence-corrected chi connectivity index (χ0v) is 17.8. The fourth-order valence-corrected chi connectivity index (χ4v) is 5.92. The van der Waals surface area contributed by atoms with E-state index in [4.69, 9.17) is 9.05 Å². The minimum absolute atomic E-state index is 0.306. The van der Waals surface area contributed by atoms with E-state index in [0.717, 1.165) is 21.3 Å². The zero-order valence-electron chi connectivity index (χ0n) is 16.1. The smallest absolute Gasteiger partial charge is 0.344 e. The standard InChI is InChI=1S/C20H25N2O3PS/c1-5-24-26(23,25-6-2)19(16-9-7-8-14(3)12-16)22-20-21-17-11-10-15(4)13-18(17)27-20/h7-13,19H,5-6H2,1-4H3,(H,21,22)/t19-/m0/s1. The molecule has 2 aromatic carbocycles. The number of hydrogen-bond acceptors (Lipinski definition) is 6. The summed E-state index contributed by atoms with van der Waals surface area (Å²) in [6.07, 6.45) is 0. The molecule has 0 aliphatic heterocycles. The molecule has 3 aromatic rings. The molecule has 27 heavy (non-hydrogen) atoms. The van der Waals surface area contributed by atoms with Gasteiger partial charge in [0.25, 0.3) is 0 Å². The fraction of sp³-hybridized carbons (Fsp3) is 0.350. The molecule has 5 nitrogen and oxygen atoms in total. The average molecular weight is 404 g/mol. The number of nitrogens with zero attached hydrogens (tertiary/aromatic N) is 1. The van der Waals surface area contributed by atoms with Crippen molar-refractivity contribution in [2.45, 2.75) is 33.5 Å². The van der Waals surface area contributed by atoms with Crippen LogP contribution in [0, 0.1) is 13.8 Å². The summed E-state index contributed by atoms with van der Waals surface area (Å²) in [5.41, 5.74) is 4.04. The van der Waals surface area contributed by atoms with Gasteiger partial charge in [0.2, 0.25) is 0 Å². The first kappa shape index (κ1) is 20.0. The minimum atomic E-state index is -3.43. The number of anilines is 1. The van der Waals surface area contributed by atoms with Crippen LogP contribution >= 0.6 is 18.9 Å². The number of fused-ring (bicyclic) bond motifs is 1. The summed E-state index contributed by atoms with van der Waals surface area (Å²) in [6, 6.07) is 14.0. The monoisotopic (exact) mass is 404 g/mol. The van der Waals surface area contributed by atoms with Crippen LogP contribution in [0.4, 0.5) is 5.13 Å². The van der Waals surface area contributed by atoms with Crippen LogP contribution in [0.2, 0.25) is 0 Å². The van der Waals surface area contributed by atoms with Crippen molar-refractivity contribution in [3.8, 4) is 0 Å². The van der Waals surface area contributed by atoms with Crippen molar-refractivity contribution in [1.29, 1.82) is 0 Å². The highest BCUT2D eigenvalue weighted by Gasteiger charge is 2.37. The minimum Gasteiger partial charge on any atom is -0.344 e. The van der Waals surface area contributed by atoms with E-state index in [0.29, 0.717) is 18.3 Å². The maximum atomic E-state index is 13.6. The summed E-state index contributed by atoms with van der Waals surface area (Å²) in [4.78, 5) is 4.65. The average Bonchev–Trinajstić information content (AvgIpc) is 3.01. The van der Waals surface area contributed by atoms with Gasteiger partial charge in [-0.25, -0.2) is 4.98 Å². The maximum absolute atomic E-state index is 13.6. The van der Waals surface area contributed by atoms with Crippen molar-refractivity contribution >= 4 is 34.3 Å². The second-order valence-corrected chi connectivity index (χ2v) is 9.47. The van der Waals surface area contributed by atoms with E-state index in [9.17, 15) is 4.57 Å². The summed E-state index contributed by atoms with van der Waals surface area (Å²) >= 11 is 1.54. The van der Waals surface area contributed by atoms with E-state index in [1.807, 2.05) is 57.2 Å². The Kier molecular flexibility index (Phi) is 6.33. The Morgan fingerprint density at radius 2 is 1.78 bits per heavy atom. The van der Waals surface area contributed by atoms with E-state index in [1.165, 1.54) is 16.9 Å². The quantitative estimate of drug-likeness (QED) is 0.447. The van der Waals surface area contributed by atoms with Gasteiger partial charge in [0.05, 0.1) is 23.4 Å². The van der Waals surface area contributed by atoms with Gasteiger partial charge in [0.15, 0.2) is 10.9 Å². The highest BCUT2D eigenvalue weighted by molar-refractivity contribution is 7.54. The molecular formula is C20H25N2O3PS. The summed E-state index contributed by atoms with van der Waals surface area (Å²) in [6.45, 7) is 8.31. The fourth-order valence-electron chi connectivity index (χ4n) is 2.94. The second-order valence-electron chi connectivity index (χ2n) is 6.33. The lowest BCUT2D eigenvalue weighted by molar-refractivity contribution is 0.214. The third-order valence-electron chi connectivity index (χ3n) is 4.10. The Bertz CT molecular complexity index is 963. The Labute approximate surface area is 164 Å². The number of benzene rings is 2. The molecule has 0 fully saturated rings. The van der Waals surface area contributed by atoms with Gasteiger partial charge < -0.3 is 14.4 Å². The normalized spacial score (nSPS) is 13.0. The van der Waals surface area contributed by atoms with E-state index in [2.05, 4.69) is 23.3 Å².